The van der Waals surface area contributed by atoms with E-state index >= 15 is 0 Å². The van der Waals surface area contributed by atoms with Crippen molar-refractivity contribution in [3.8, 4) is 0 Å². The average Bonchev–Trinajstić information content (AvgIpc) is 2.07. The molecule has 4 nitrogen and oxygen atoms in total. The summed E-state index contributed by atoms with van der Waals surface area (Å²) in [6.45, 7) is 9.38. The summed E-state index contributed by atoms with van der Waals surface area (Å²) >= 11 is 0. The molecule has 0 unspecified atom stereocenters. The van der Waals surface area contributed by atoms with Crippen LogP contribution in [-0.4, -0.2) is 22.1 Å². The summed E-state index contributed by atoms with van der Waals surface area (Å²) in [5, 5.41) is 0. The second-order valence-corrected chi connectivity index (χ2v) is 4.22. The standard InChI is InChI=1S/C10H18N4/c1-5-14(10(2,3)4)9-8(11)6-12-7-13-9/h6-7H,5,11H2,1-4H3. The fourth-order valence-corrected chi connectivity index (χ4v) is 1.50. The van der Waals surface area contributed by atoms with Gasteiger partial charge in [-0.3, -0.25) is 0 Å². The largest absolute Gasteiger partial charge is 0.394 e. The van der Waals surface area contributed by atoms with Crippen LogP contribution in [0.5, 0.6) is 0 Å². The van der Waals surface area contributed by atoms with Crippen molar-refractivity contribution in [2.45, 2.75) is 33.2 Å². The smallest absolute Gasteiger partial charge is 0.155 e. The Morgan fingerprint density at radius 1 is 1.43 bits per heavy atom. The maximum Gasteiger partial charge on any atom is 0.155 e. The molecule has 14 heavy (non-hydrogen) atoms. The lowest BCUT2D eigenvalue weighted by Gasteiger charge is -2.36. The number of hydrogen-bond donors (Lipinski definition) is 1. The molecule has 0 radical (unpaired) electrons. The van der Waals surface area contributed by atoms with Crippen molar-refractivity contribution in [2.75, 3.05) is 17.2 Å². The molecule has 0 aliphatic rings. The van der Waals surface area contributed by atoms with Gasteiger partial charge in [0.1, 0.15) is 6.33 Å². The number of nitrogen functional groups attached to an aromatic ring is 1. The Bertz CT molecular complexity index is 303. The summed E-state index contributed by atoms with van der Waals surface area (Å²) in [5.74, 6) is 0.815. The van der Waals surface area contributed by atoms with E-state index in [0.29, 0.717) is 5.69 Å². The lowest BCUT2D eigenvalue weighted by Crippen LogP contribution is -2.42. The van der Waals surface area contributed by atoms with E-state index in [2.05, 4.69) is 42.6 Å². The van der Waals surface area contributed by atoms with Crippen LogP contribution in [0.2, 0.25) is 0 Å². The number of rotatable bonds is 2. The predicted molar refractivity (Wildman–Crippen MR) is 59.2 cm³/mol. The Balaban J connectivity index is 3.08. The summed E-state index contributed by atoms with van der Waals surface area (Å²) in [6.07, 6.45) is 3.16. The Morgan fingerprint density at radius 2 is 2.07 bits per heavy atom. The highest BCUT2D eigenvalue weighted by Gasteiger charge is 2.22. The molecule has 1 rings (SSSR count). The summed E-state index contributed by atoms with van der Waals surface area (Å²) < 4.78 is 0. The minimum atomic E-state index is 0.0250. The maximum atomic E-state index is 5.83. The predicted octanol–water partition coefficient (Wildman–Crippen LogP) is 1.68. The minimum Gasteiger partial charge on any atom is -0.394 e. The van der Waals surface area contributed by atoms with Gasteiger partial charge in [0.05, 0.1) is 11.9 Å². The Hall–Kier alpha value is -1.32. The van der Waals surface area contributed by atoms with Gasteiger partial charge in [-0.1, -0.05) is 0 Å². The number of anilines is 2. The van der Waals surface area contributed by atoms with Crippen LogP contribution in [0.3, 0.4) is 0 Å². The molecule has 1 aromatic heterocycles. The fraction of sp³-hybridized carbons (Fsp3) is 0.600. The van der Waals surface area contributed by atoms with E-state index in [-0.39, 0.29) is 5.54 Å². The summed E-state index contributed by atoms with van der Waals surface area (Å²) in [7, 11) is 0. The quantitative estimate of drug-likeness (QED) is 0.778. The third-order valence-electron chi connectivity index (χ3n) is 2.10. The molecule has 0 aromatic carbocycles. The number of aromatic nitrogens is 2. The molecular formula is C10H18N4. The van der Waals surface area contributed by atoms with Gasteiger partial charge in [0.15, 0.2) is 5.82 Å². The van der Waals surface area contributed by atoms with Crippen LogP contribution >= 0.6 is 0 Å². The van der Waals surface area contributed by atoms with Crippen LogP contribution in [0, 0.1) is 0 Å². The van der Waals surface area contributed by atoms with Crippen molar-refractivity contribution in [1.29, 1.82) is 0 Å². The molecule has 78 valence electrons. The first kappa shape index (κ1) is 10.8. The third kappa shape index (κ3) is 2.13. The van der Waals surface area contributed by atoms with Gasteiger partial charge >= 0.3 is 0 Å². The minimum absolute atomic E-state index is 0.0250. The molecule has 1 aromatic rings. The molecule has 1 heterocycles. The van der Waals surface area contributed by atoms with E-state index < -0.39 is 0 Å². The molecule has 0 atom stereocenters. The summed E-state index contributed by atoms with van der Waals surface area (Å²) in [4.78, 5) is 10.2. The number of hydrogen-bond acceptors (Lipinski definition) is 4. The summed E-state index contributed by atoms with van der Waals surface area (Å²) in [5.41, 5.74) is 6.48. The van der Waals surface area contributed by atoms with Crippen LogP contribution in [0.15, 0.2) is 12.5 Å². The van der Waals surface area contributed by atoms with Crippen molar-refractivity contribution < 1.29 is 0 Å². The van der Waals surface area contributed by atoms with Gasteiger partial charge in [-0.15, -0.1) is 0 Å². The highest BCUT2D eigenvalue weighted by Crippen LogP contribution is 2.25. The second-order valence-electron chi connectivity index (χ2n) is 4.22. The van der Waals surface area contributed by atoms with E-state index in [1.165, 1.54) is 6.33 Å². The zero-order valence-corrected chi connectivity index (χ0v) is 9.28. The van der Waals surface area contributed by atoms with Crippen LogP contribution in [0.25, 0.3) is 0 Å². The van der Waals surface area contributed by atoms with E-state index in [0.717, 1.165) is 12.4 Å². The Labute approximate surface area is 85.2 Å². The van der Waals surface area contributed by atoms with Crippen molar-refractivity contribution >= 4 is 11.5 Å². The first-order chi connectivity index (χ1) is 6.46. The molecule has 0 aliphatic heterocycles. The van der Waals surface area contributed by atoms with Crippen LogP contribution in [0.4, 0.5) is 11.5 Å². The summed E-state index contributed by atoms with van der Waals surface area (Å²) in [6, 6.07) is 0. The van der Waals surface area contributed by atoms with E-state index in [4.69, 9.17) is 5.73 Å². The molecule has 4 heteroatoms. The van der Waals surface area contributed by atoms with Gasteiger partial charge < -0.3 is 10.6 Å². The second kappa shape index (κ2) is 3.82. The maximum absolute atomic E-state index is 5.83. The molecule has 0 fully saturated rings. The number of nitrogens with two attached hydrogens (primary N) is 1. The normalized spacial score (nSPS) is 11.4. The molecule has 0 aliphatic carbocycles. The third-order valence-corrected chi connectivity index (χ3v) is 2.10. The topological polar surface area (TPSA) is 55.0 Å². The van der Waals surface area contributed by atoms with Crippen molar-refractivity contribution in [3.05, 3.63) is 12.5 Å². The molecule has 0 bridgehead atoms. The fourth-order valence-electron chi connectivity index (χ4n) is 1.50. The van der Waals surface area contributed by atoms with Gasteiger partial charge in [-0.2, -0.15) is 0 Å². The van der Waals surface area contributed by atoms with Gasteiger partial charge in [0.25, 0.3) is 0 Å². The Morgan fingerprint density at radius 3 is 2.50 bits per heavy atom. The zero-order chi connectivity index (χ0) is 10.8. The van der Waals surface area contributed by atoms with Crippen LogP contribution < -0.4 is 10.6 Å². The van der Waals surface area contributed by atoms with Gasteiger partial charge in [-0.05, 0) is 27.7 Å². The molecule has 0 amide bonds. The highest BCUT2D eigenvalue weighted by atomic mass is 15.2. The van der Waals surface area contributed by atoms with Gasteiger partial charge in [0, 0.05) is 12.1 Å². The highest BCUT2D eigenvalue weighted by molar-refractivity contribution is 5.61. The molecule has 2 N–H and O–H groups in total. The zero-order valence-electron chi connectivity index (χ0n) is 9.28. The average molecular weight is 194 g/mol. The van der Waals surface area contributed by atoms with Crippen molar-refractivity contribution in [2.24, 2.45) is 0 Å². The molecule has 0 saturated carbocycles. The molecular weight excluding hydrogens is 176 g/mol. The lowest BCUT2D eigenvalue weighted by atomic mass is 10.1. The van der Waals surface area contributed by atoms with Crippen molar-refractivity contribution in [3.63, 3.8) is 0 Å². The van der Waals surface area contributed by atoms with Gasteiger partial charge in [-0.25, -0.2) is 9.97 Å². The first-order valence-corrected chi connectivity index (χ1v) is 4.80. The number of nitrogens with zero attached hydrogens (tertiary/aromatic N) is 3. The van der Waals surface area contributed by atoms with E-state index in [1.54, 1.807) is 6.20 Å². The first-order valence-electron chi connectivity index (χ1n) is 4.80. The SMILES string of the molecule is CCN(c1ncncc1N)C(C)(C)C. The van der Waals surface area contributed by atoms with E-state index in [1.807, 2.05) is 0 Å². The van der Waals surface area contributed by atoms with Gasteiger partial charge in [0.2, 0.25) is 0 Å². The Kier molecular flexibility index (Phi) is 2.93. The van der Waals surface area contributed by atoms with Crippen molar-refractivity contribution in [1.82, 2.24) is 9.97 Å². The monoisotopic (exact) mass is 194 g/mol. The lowest BCUT2D eigenvalue weighted by molar-refractivity contribution is 0.509. The van der Waals surface area contributed by atoms with Crippen LogP contribution in [0.1, 0.15) is 27.7 Å². The van der Waals surface area contributed by atoms with E-state index in [9.17, 15) is 0 Å². The molecule has 0 spiro atoms. The van der Waals surface area contributed by atoms with Crippen LogP contribution in [-0.2, 0) is 0 Å². The molecule has 0 saturated heterocycles.